The summed E-state index contributed by atoms with van der Waals surface area (Å²) in [7, 11) is 0. The van der Waals surface area contributed by atoms with E-state index in [1.807, 2.05) is 36.4 Å². The van der Waals surface area contributed by atoms with Crippen molar-refractivity contribution in [1.82, 2.24) is 19.9 Å². The number of hydrogen-bond donors (Lipinski definition) is 2. The van der Waals surface area contributed by atoms with Crippen molar-refractivity contribution < 1.29 is 5.11 Å². The van der Waals surface area contributed by atoms with Gasteiger partial charge in [-0.15, -0.1) is 0 Å². The van der Waals surface area contributed by atoms with E-state index in [4.69, 9.17) is 4.98 Å². The maximum Gasteiger partial charge on any atom is 0.142 e. The number of rotatable bonds is 1. The quantitative estimate of drug-likeness (QED) is 0.458. The number of para-hydroxylation sites is 1. The summed E-state index contributed by atoms with van der Waals surface area (Å²) in [6.07, 6.45) is 3.53. The molecule has 0 saturated carbocycles. The van der Waals surface area contributed by atoms with Gasteiger partial charge in [-0.1, -0.05) is 12.1 Å². The van der Waals surface area contributed by atoms with Crippen LogP contribution < -0.4 is 0 Å². The average Bonchev–Trinajstić information content (AvgIpc) is 3.08. The molecule has 0 unspecified atom stereocenters. The lowest BCUT2D eigenvalue weighted by Crippen LogP contribution is -1.86. The summed E-state index contributed by atoms with van der Waals surface area (Å²) in [6, 6.07) is 15.0. The molecule has 5 rings (SSSR count). The monoisotopic (exact) mass is 312 g/mol. The molecule has 0 atom stereocenters. The standard InChI is InChI=1S/C19H12N4O/c24-14-8-2-1-5-11(14)19-22-17-12-6-3-9-20-15(12)16-13(18(17)23-19)7-4-10-21-16/h1-10,24H,(H,22,23). The van der Waals surface area contributed by atoms with E-state index in [-0.39, 0.29) is 5.75 Å². The van der Waals surface area contributed by atoms with Crippen molar-refractivity contribution >= 4 is 32.8 Å². The molecule has 0 saturated heterocycles. The molecule has 114 valence electrons. The first kappa shape index (κ1) is 13.0. The van der Waals surface area contributed by atoms with Crippen LogP contribution in [0.5, 0.6) is 5.75 Å². The van der Waals surface area contributed by atoms with E-state index >= 15 is 0 Å². The number of fused-ring (bicyclic) bond motifs is 6. The fourth-order valence-electron chi connectivity index (χ4n) is 3.15. The van der Waals surface area contributed by atoms with Gasteiger partial charge in [0, 0.05) is 23.2 Å². The van der Waals surface area contributed by atoms with E-state index in [0.717, 1.165) is 32.8 Å². The largest absolute Gasteiger partial charge is 0.507 e. The molecule has 2 aromatic carbocycles. The van der Waals surface area contributed by atoms with Gasteiger partial charge in [-0.2, -0.15) is 0 Å². The first-order chi connectivity index (χ1) is 11.8. The lowest BCUT2D eigenvalue weighted by atomic mass is 10.1. The second-order valence-electron chi connectivity index (χ2n) is 5.63. The summed E-state index contributed by atoms with van der Waals surface area (Å²) in [5.74, 6) is 0.825. The van der Waals surface area contributed by atoms with Crippen LogP contribution in [-0.4, -0.2) is 25.0 Å². The van der Waals surface area contributed by atoms with Gasteiger partial charge in [-0.05, 0) is 36.4 Å². The van der Waals surface area contributed by atoms with Crippen LogP contribution in [0.2, 0.25) is 0 Å². The summed E-state index contributed by atoms with van der Waals surface area (Å²) in [6.45, 7) is 0. The van der Waals surface area contributed by atoms with E-state index in [0.29, 0.717) is 11.4 Å². The number of H-pyrrole nitrogens is 1. The Hall–Kier alpha value is -3.47. The van der Waals surface area contributed by atoms with Gasteiger partial charge in [-0.3, -0.25) is 9.97 Å². The highest BCUT2D eigenvalue weighted by Crippen LogP contribution is 2.34. The number of aromatic amines is 1. The van der Waals surface area contributed by atoms with Crippen LogP contribution in [0.3, 0.4) is 0 Å². The number of imidazole rings is 1. The van der Waals surface area contributed by atoms with Crippen LogP contribution in [-0.2, 0) is 0 Å². The molecule has 5 aromatic rings. The Kier molecular flexibility index (Phi) is 2.58. The number of nitrogens with one attached hydrogen (secondary N) is 1. The molecule has 0 aliphatic heterocycles. The molecule has 3 heterocycles. The molecule has 3 aromatic heterocycles. The topological polar surface area (TPSA) is 74.7 Å². The van der Waals surface area contributed by atoms with Crippen molar-refractivity contribution in [2.75, 3.05) is 0 Å². The summed E-state index contributed by atoms with van der Waals surface area (Å²) in [4.78, 5) is 17.1. The minimum Gasteiger partial charge on any atom is -0.507 e. The predicted octanol–water partition coefficient (Wildman–Crippen LogP) is 4.03. The number of pyridine rings is 2. The Morgan fingerprint density at radius 1 is 0.750 bits per heavy atom. The maximum absolute atomic E-state index is 10.1. The number of aromatic hydroxyl groups is 1. The third-order valence-electron chi connectivity index (χ3n) is 4.23. The van der Waals surface area contributed by atoms with Gasteiger partial charge >= 0.3 is 0 Å². The third-order valence-corrected chi connectivity index (χ3v) is 4.23. The SMILES string of the molecule is Oc1ccccc1-c1nc2c3cccnc3c3ncccc3c2[nH]1. The van der Waals surface area contributed by atoms with Gasteiger partial charge in [0.05, 0.1) is 27.6 Å². The number of phenols is 1. The molecule has 5 heteroatoms. The number of nitrogens with zero attached hydrogens (tertiary/aromatic N) is 3. The van der Waals surface area contributed by atoms with Crippen molar-refractivity contribution in [3.63, 3.8) is 0 Å². The fraction of sp³-hybridized carbons (Fsp3) is 0. The van der Waals surface area contributed by atoms with Crippen LogP contribution in [0.1, 0.15) is 0 Å². The summed E-state index contributed by atoms with van der Waals surface area (Å²) in [5.41, 5.74) is 4.07. The Bertz CT molecular complexity index is 1150. The lowest BCUT2D eigenvalue weighted by molar-refractivity contribution is 0.477. The molecule has 0 spiro atoms. The molecule has 0 aliphatic carbocycles. The number of phenolic OH excluding ortho intramolecular Hbond substituents is 1. The van der Waals surface area contributed by atoms with Crippen molar-refractivity contribution in [3.05, 3.63) is 60.9 Å². The van der Waals surface area contributed by atoms with E-state index in [1.54, 1.807) is 24.5 Å². The third kappa shape index (κ3) is 1.72. The Balaban J connectivity index is 1.98. The molecule has 24 heavy (non-hydrogen) atoms. The molecular formula is C19H12N4O. The highest BCUT2D eigenvalue weighted by atomic mass is 16.3. The molecule has 0 aliphatic rings. The zero-order valence-electron chi connectivity index (χ0n) is 12.6. The second kappa shape index (κ2) is 4.76. The van der Waals surface area contributed by atoms with Gasteiger partial charge in [0.15, 0.2) is 0 Å². The Labute approximate surface area is 136 Å². The number of hydrogen-bond acceptors (Lipinski definition) is 4. The lowest BCUT2D eigenvalue weighted by Gasteiger charge is -2.03. The van der Waals surface area contributed by atoms with Crippen molar-refractivity contribution in [1.29, 1.82) is 0 Å². The van der Waals surface area contributed by atoms with E-state index in [9.17, 15) is 5.11 Å². The van der Waals surface area contributed by atoms with E-state index in [1.165, 1.54) is 0 Å². The zero-order valence-corrected chi connectivity index (χ0v) is 12.6. The van der Waals surface area contributed by atoms with Crippen LogP contribution >= 0.6 is 0 Å². The van der Waals surface area contributed by atoms with Crippen molar-refractivity contribution in [3.8, 4) is 17.1 Å². The zero-order chi connectivity index (χ0) is 16.1. The number of benzene rings is 2. The second-order valence-corrected chi connectivity index (χ2v) is 5.63. The van der Waals surface area contributed by atoms with Crippen LogP contribution in [0, 0.1) is 0 Å². The normalized spacial score (nSPS) is 11.5. The summed E-state index contributed by atoms with van der Waals surface area (Å²) >= 11 is 0. The highest BCUT2D eigenvalue weighted by molar-refractivity contribution is 6.21. The maximum atomic E-state index is 10.1. The van der Waals surface area contributed by atoms with E-state index in [2.05, 4.69) is 15.0 Å². The Morgan fingerprint density at radius 2 is 1.46 bits per heavy atom. The molecule has 0 radical (unpaired) electrons. The number of aromatic nitrogens is 4. The first-order valence-corrected chi connectivity index (χ1v) is 7.62. The first-order valence-electron chi connectivity index (χ1n) is 7.62. The highest BCUT2D eigenvalue weighted by Gasteiger charge is 2.16. The predicted molar refractivity (Wildman–Crippen MR) is 93.8 cm³/mol. The van der Waals surface area contributed by atoms with Crippen LogP contribution in [0.4, 0.5) is 0 Å². The van der Waals surface area contributed by atoms with Gasteiger partial charge in [-0.25, -0.2) is 4.98 Å². The van der Waals surface area contributed by atoms with Gasteiger partial charge < -0.3 is 10.1 Å². The average molecular weight is 312 g/mol. The molecular weight excluding hydrogens is 300 g/mol. The minimum absolute atomic E-state index is 0.196. The van der Waals surface area contributed by atoms with Gasteiger partial charge in [0.2, 0.25) is 0 Å². The van der Waals surface area contributed by atoms with E-state index < -0.39 is 0 Å². The minimum atomic E-state index is 0.196. The molecule has 5 nitrogen and oxygen atoms in total. The summed E-state index contributed by atoms with van der Waals surface area (Å²) in [5, 5.41) is 12.0. The summed E-state index contributed by atoms with van der Waals surface area (Å²) < 4.78 is 0. The molecule has 2 N–H and O–H groups in total. The molecule has 0 amide bonds. The van der Waals surface area contributed by atoms with Gasteiger partial charge in [0.25, 0.3) is 0 Å². The Morgan fingerprint density at radius 3 is 2.25 bits per heavy atom. The van der Waals surface area contributed by atoms with Crippen molar-refractivity contribution in [2.45, 2.75) is 0 Å². The van der Waals surface area contributed by atoms with Gasteiger partial charge in [0.1, 0.15) is 11.6 Å². The van der Waals surface area contributed by atoms with Crippen LogP contribution in [0.25, 0.3) is 44.2 Å². The van der Waals surface area contributed by atoms with Crippen LogP contribution in [0.15, 0.2) is 60.9 Å². The smallest absolute Gasteiger partial charge is 0.142 e. The fourth-order valence-corrected chi connectivity index (χ4v) is 3.15. The molecule has 0 fully saturated rings. The molecule has 0 bridgehead atoms. The van der Waals surface area contributed by atoms with Crippen molar-refractivity contribution in [2.24, 2.45) is 0 Å².